The Hall–Kier alpha value is -3.18. The zero-order valence-corrected chi connectivity index (χ0v) is 25.3. The summed E-state index contributed by atoms with van der Waals surface area (Å²) in [4.78, 5) is 44.6. The van der Waals surface area contributed by atoms with E-state index in [9.17, 15) is 9.59 Å². The number of likely N-dealkylation sites (tertiary alicyclic amines) is 2. The van der Waals surface area contributed by atoms with Crippen LogP contribution in [0.5, 0.6) is 0 Å². The molecule has 0 atom stereocenters. The minimum atomic E-state index is -0.260. The molecule has 2 aliphatic heterocycles. The van der Waals surface area contributed by atoms with Gasteiger partial charge in [-0.3, -0.25) is 14.3 Å². The summed E-state index contributed by atoms with van der Waals surface area (Å²) in [6, 6.07) is 0.602. The van der Waals surface area contributed by atoms with E-state index < -0.39 is 0 Å². The predicted octanol–water partition coefficient (Wildman–Crippen LogP) is 3.44. The molecule has 3 aromatic heterocycles. The SMILES string of the molecule is CC1CCN(C2CCN(C(=O)Cc3csc(CC(=O)c4nn(C)c5c4CC(C)(C)c4cnc(N)nc4-5)n3)CC2)CC1. The van der Waals surface area contributed by atoms with Gasteiger partial charge in [0.15, 0.2) is 5.78 Å². The van der Waals surface area contributed by atoms with Crippen molar-refractivity contribution in [3.63, 3.8) is 0 Å². The Balaban J connectivity index is 1.09. The predicted molar refractivity (Wildman–Crippen MR) is 159 cm³/mol. The number of rotatable bonds is 6. The van der Waals surface area contributed by atoms with E-state index in [-0.39, 0.29) is 35.9 Å². The van der Waals surface area contributed by atoms with Crippen molar-refractivity contribution in [2.45, 2.75) is 77.2 Å². The summed E-state index contributed by atoms with van der Waals surface area (Å²) in [7, 11) is 1.83. The van der Waals surface area contributed by atoms with Crippen molar-refractivity contribution < 1.29 is 9.59 Å². The van der Waals surface area contributed by atoms with Gasteiger partial charge < -0.3 is 15.5 Å². The van der Waals surface area contributed by atoms with Gasteiger partial charge in [-0.2, -0.15) is 5.10 Å². The molecule has 0 bridgehead atoms. The highest BCUT2D eigenvalue weighted by molar-refractivity contribution is 7.09. The van der Waals surface area contributed by atoms with Gasteiger partial charge in [-0.15, -0.1) is 11.3 Å². The lowest BCUT2D eigenvalue weighted by Crippen LogP contribution is -2.49. The molecule has 2 N–H and O–H groups in total. The van der Waals surface area contributed by atoms with Crippen LogP contribution in [0.1, 0.15) is 78.8 Å². The third kappa shape index (κ3) is 5.53. The summed E-state index contributed by atoms with van der Waals surface area (Å²) in [6.07, 6.45) is 7.53. The van der Waals surface area contributed by atoms with Gasteiger partial charge in [0.25, 0.3) is 0 Å². The second-order valence-electron chi connectivity index (χ2n) is 12.7. The maximum absolute atomic E-state index is 13.5. The number of aryl methyl sites for hydroxylation is 1. The van der Waals surface area contributed by atoms with Crippen molar-refractivity contribution >= 4 is 29.0 Å². The number of hydrogen-bond acceptors (Lipinski definition) is 9. The van der Waals surface area contributed by atoms with Crippen molar-refractivity contribution in [2.75, 3.05) is 31.9 Å². The molecule has 10 nitrogen and oxygen atoms in total. The molecule has 1 aliphatic carbocycles. The van der Waals surface area contributed by atoms with Crippen molar-refractivity contribution in [3.8, 4) is 11.4 Å². The van der Waals surface area contributed by atoms with Gasteiger partial charge in [0.05, 0.1) is 29.9 Å². The van der Waals surface area contributed by atoms with Gasteiger partial charge in [0.2, 0.25) is 11.9 Å². The van der Waals surface area contributed by atoms with Gasteiger partial charge in [-0.05, 0) is 56.5 Å². The van der Waals surface area contributed by atoms with E-state index in [2.05, 4.69) is 45.7 Å². The van der Waals surface area contributed by atoms with Crippen LogP contribution in [0, 0.1) is 5.92 Å². The highest BCUT2D eigenvalue weighted by atomic mass is 32.1. The van der Waals surface area contributed by atoms with E-state index in [1.807, 2.05) is 17.3 Å². The molecular formula is C30H40N8O2S. The van der Waals surface area contributed by atoms with E-state index in [0.717, 1.165) is 60.1 Å². The minimum absolute atomic E-state index is 0.0791. The van der Waals surface area contributed by atoms with Crippen molar-refractivity contribution in [3.05, 3.63) is 39.1 Å². The Morgan fingerprint density at radius 1 is 1.07 bits per heavy atom. The van der Waals surface area contributed by atoms with Crippen LogP contribution >= 0.6 is 11.3 Å². The second kappa shape index (κ2) is 10.9. The highest BCUT2D eigenvalue weighted by Crippen LogP contribution is 2.43. The van der Waals surface area contributed by atoms with Crippen LogP contribution in [0.4, 0.5) is 5.95 Å². The average Bonchev–Trinajstić information content (AvgIpc) is 3.51. The van der Waals surface area contributed by atoms with E-state index in [0.29, 0.717) is 23.2 Å². The molecule has 3 aromatic rings. The molecule has 0 unspecified atom stereocenters. The van der Waals surface area contributed by atoms with Crippen LogP contribution in [0.15, 0.2) is 11.6 Å². The molecule has 5 heterocycles. The number of amides is 1. The molecule has 0 spiro atoms. The fourth-order valence-corrected chi connectivity index (χ4v) is 7.53. The first kappa shape index (κ1) is 28.0. The zero-order chi connectivity index (χ0) is 28.9. The molecule has 0 saturated carbocycles. The number of carbonyl (C=O) groups excluding carboxylic acids is 2. The van der Waals surface area contributed by atoms with E-state index >= 15 is 0 Å². The maximum Gasteiger partial charge on any atom is 0.228 e. The number of ketones is 1. The number of hydrogen-bond donors (Lipinski definition) is 1. The van der Waals surface area contributed by atoms with Gasteiger partial charge in [0.1, 0.15) is 10.7 Å². The Morgan fingerprint density at radius 2 is 1.80 bits per heavy atom. The van der Waals surface area contributed by atoms with Gasteiger partial charge in [0, 0.05) is 48.9 Å². The molecule has 6 rings (SSSR count). The summed E-state index contributed by atoms with van der Waals surface area (Å²) in [5, 5.41) is 7.24. The number of fused-ring (bicyclic) bond motifs is 3. The van der Waals surface area contributed by atoms with Crippen LogP contribution < -0.4 is 5.73 Å². The fraction of sp³-hybridized carbons (Fsp3) is 0.600. The van der Waals surface area contributed by atoms with Gasteiger partial charge >= 0.3 is 0 Å². The number of nitrogens with two attached hydrogens (primary N) is 1. The molecule has 11 heteroatoms. The average molecular weight is 577 g/mol. The molecule has 2 fully saturated rings. The molecule has 2 saturated heterocycles. The number of anilines is 1. The molecule has 0 radical (unpaired) electrons. The van der Waals surface area contributed by atoms with E-state index in [1.165, 1.54) is 37.3 Å². The number of Topliss-reactive ketones (excluding diaryl/α,β-unsaturated/α-hetero) is 1. The van der Waals surface area contributed by atoms with E-state index in [4.69, 9.17) is 5.73 Å². The largest absolute Gasteiger partial charge is 0.368 e. The lowest BCUT2D eigenvalue weighted by molar-refractivity contribution is -0.132. The molecule has 218 valence electrons. The summed E-state index contributed by atoms with van der Waals surface area (Å²) < 4.78 is 1.73. The lowest BCUT2D eigenvalue weighted by atomic mass is 9.73. The monoisotopic (exact) mass is 576 g/mol. The summed E-state index contributed by atoms with van der Waals surface area (Å²) in [5.41, 5.74) is 10.3. The van der Waals surface area contributed by atoms with Crippen LogP contribution in [0.2, 0.25) is 0 Å². The number of thiazole rings is 1. The molecule has 0 aromatic carbocycles. The minimum Gasteiger partial charge on any atom is -0.368 e. The standard InChI is InChI=1S/C30H40N8O2S/c1-18-5-9-37(10-6-18)20-7-11-38(12-8-20)25(40)13-19-17-41-24(33-19)14-23(39)26-21-15-30(2,3)22-16-32-29(31)34-27(22)28(21)36(4)35-26/h16-18,20H,5-15H2,1-4H3,(H2,31,32,34). The smallest absolute Gasteiger partial charge is 0.228 e. The first-order chi connectivity index (χ1) is 19.6. The summed E-state index contributed by atoms with van der Waals surface area (Å²) in [5.74, 6) is 1.08. The Kier molecular flexibility index (Phi) is 7.44. The number of piperidine rings is 2. The zero-order valence-electron chi connectivity index (χ0n) is 24.5. The first-order valence-corrected chi connectivity index (χ1v) is 15.6. The second-order valence-corrected chi connectivity index (χ2v) is 13.6. The maximum atomic E-state index is 13.5. The quantitative estimate of drug-likeness (QED) is 0.443. The molecule has 1 amide bonds. The van der Waals surface area contributed by atoms with E-state index in [1.54, 1.807) is 10.9 Å². The van der Waals surface area contributed by atoms with Crippen molar-refractivity contribution in [1.82, 2.24) is 34.5 Å². The number of nitrogen functional groups attached to an aromatic ring is 1. The Morgan fingerprint density at radius 3 is 2.54 bits per heavy atom. The Labute approximate surface area is 245 Å². The van der Waals surface area contributed by atoms with Crippen LogP contribution in [0.3, 0.4) is 0 Å². The topological polar surface area (TPSA) is 123 Å². The number of nitrogens with zero attached hydrogens (tertiary/aromatic N) is 7. The number of carbonyl (C=O) groups is 2. The normalized spacial score (nSPS) is 19.7. The van der Waals surface area contributed by atoms with Crippen LogP contribution in [-0.2, 0) is 36.5 Å². The third-order valence-corrected chi connectivity index (χ3v) is 10.1. The molecular weight excluding hydrogens is 536 g/mol. The highest BCUT2D eigenvalue weighted by Gasteiger charge is 2.38. The van der Waals surface area contributed by atoms with Crippen LogP contribution in [0.25, 0.3) is 11.4 Å². The molecule has 3 aliphatic rings. The van der Waals surface area contributed by atoms with Gasteiger partial charge in [-0.1, -0.05) is 20.8 Å². The lowest BCUT2D eigenvalue weighted by Gasteiger charge is -2.41. The summed E-state index contributed by atoms with van der Waals surface area (Å²) >= 11 is 1.43. The third-order valence-electron chi connectivity index (χ3n) is 9.18. The summed E-state index contributed by atoms with van der Waals surface area (Å²) in [6.45, 7) is 10.6. The Bertz CT molecular complexity index is 1460. The number of aromatic nitrogens is 5. The van der Waals surface area contributed by atoms with Crippen LogP contribution in [-0.4, -0.2) is 78.4 Å². The fourth-order valence-electron chi connectivity index (χ4n) is 6.74. The van der Waals surface area contributed by atoms with Crippen molar-refractivity contribution in [2.24, 2.45) is 13.0 Å². The first-order valence-electron chi connectivity index (χ1n) is 14.8. The molecule has 41 heavy (non-hydrogen) atoms. The van der Waals surface area contributed by atoms with Gasteiger partial charge in [-0.25, -0.2) is 15.0 Å². The van der Waals surface area contributed by atoms with Crippen molar-refractivity contribution in [1.29, 1.82) is 0 Å².